The van der Waals surface area contributed by atoms with Gasteiger partial charge in [-0.2, -0.15) is 0 Å². The summed E-state index contributed by atoms with van der Waals surface area (Å²) in [6.45, 7) is 2.89. The summed E-state index contributed by atoms with van der Waals surface area (Å²) in [6.07, 6.45) is 0.0727. The fourth-order valence-electron chi connectivity index (χ4n) is 2.60. The Kier molecular flexibility index (Phi) is 3.90. The third kappa shape index (κ3) is 2.91. The van der Waals surface area contributed by atoms with Crippen LogP contribution in [0.4, 0.5) is 5.69 Å². The Bertz CT molecular complexity index is 520. The molecule has 1 aromatic rings. The lowest BCUT2D eigenvalue weighted by Crippen LogP contribution is -2.52. The van der Waals surface area contributed by atoms with E-state index in [-0.39, 0.29) is 31.0 Å². The van der Waals surface area contributed by atoms with Crippen molar-refractivity contribution in [1.82, 2.24) is 10.2 Å². The van der Waals surface area contributed by atoms with Gasteiger partial charge in [-0.05, 0) is 17.7 Å². The van der Waals surface area contributed by atoms with Crippen molar-refractivity contribution in [3.63, 3.8) is 0 Å². The number of rotatable bonds is 2. The number of carbonyl (C=O) groups is 2. The van der Waals surface area contributed by atoms with Gasteiger partial charge in [-0.3, -0.25) is 14.5 Å². The van der Waals surface area contributed by atoms with Crippen LogP contribution in [0.5, 0.6) is 0 Å². The van der Waals surface area contributed by atoms with Gasteiger partial charge in [0.1, 0.15) is 0 Å². The van der Waals surface area contributed by atoms with Crippen LogP contribution < -0.4 is 10.2 Å². The van der Waals surface area contributed by atoms with Crippen molar-refractivity contribution in [2.75, 3.05) is 44.7 Å². The van der Waals surface area contributed by atoms with Crippen molar-refractivity contribution < 1.29 is 14.3 Å². The summed E-state index contributed by atoms with van der Waals surface area (Å²) in [5.74, 6) is -0.342. The number of anilines is 1. The topological polar surface area (TPSA) is 61.9 Å². The molecule has 21 heavy (non-hydrogen) atoms. The molecule has 0 saturated carbocycles. The fourth-order valence-corrected chi connectivity index (χ4v) is 2.60. The zero-order chi connectivity index (χ0) is 14.8. The molecule has 1 aromatic carbocycles. The van der Waals surface area contributed by atoms with E-state index in [1.54, 1.807) is 4.90 Å². The summed E-state index contributed by atoms with van der Waals surface area (Å²) in [7, 11) is 1.53. The molecule has 0 spiro atoms. The number of nitrogens with zero attached hydrogens (tertiary/aromatic N) is 2. The van der Waals surface area contributed by atoms with E-state index in [4.69, 9.17) is 4.74 Å². The van der Waals surface area contributed by atoms with Gasteiger partial charge in [0.15, 0.2) is 0 Å². The summed E-state index contributed by atoms with van der Waals surface area (Å²) in [5.41, 5.74) is 2.00. The number of ether oxygens (including phenoxy) is 1. The van der Waals surface area contributed by atoms with Crippen molar-refractivity contribution in [2.45, 2.75) is 6.10 Å². The van der Waals surface area contributed by atoms with E-state index in [2.05, 4.69) is 5.32 Å². The normalized spacial score (nSPS) is 23.6. The van der Waals surface area contributed by atoms with Gasteiger partial charge in [0, 0.05) is 25.8 Å². The molecule has 2 amide bonds. The number of nitrogens with one attached hydrogen (secondary N) is 1. The zero-order valence-electron chi connectivity index (χ0n) is 12.0. The molecular formula is C15H19N3O3. The monoisotopic (exact) mass is 289 g/mol. The van der Waals surface area contributed by atoms with E-state index < -0.39 is 0 Å². The molecule has 1 atom stereocenters. The van der Waals surface area contributed by atoms with Crippen molar-refractivity contribution in [3.8, 4) is 0 Å². The number of piperazine rings is 1. The molecule has 1 unspecified atom stereocenters. The highest BCUT2D eigenvalue weighted by atomic mass is 16.5. The first kappa shape index (κ1) is 14.0. The van der Waals surface area contributed by atoms with Crippen molar-refractivity contribution in [3.05, 3.63) is 29.8 Å². The van der Waals surface area contributed by atoms with Crippen LogP contribution >= 0.6 is 0 Å². The predicted octanol–water partition coefficient (Wildman–Crippen LogP) is 0.152. The SMILES string of the molecule is CN1C(=O)CN(c2ccc(C3CNCCO3)cc2)CC1=O. The van der Waals surface area contributed by atoms with Crippen LogP contribution in [0, 0.1) is 0 Å². The molecule has 2 fully saturated rings. The molecule has 2 aliphatic heterocycles. The fraction of sp³-hybridized carbons (Fsp3) is 0.467. The third-order valence-electron chi connectivity index (χ3n) is 3.96. The van der Waals surface area contributed by atoms with E-state index in [0.717, 1.165) is 24.3 Å². The number of carbonyl (C=O) groups excluding carboxylic acids is 2. The number of hydrogen-bond donors (Lipinski definition) is 1. The number of hydrogen-bond acceptors (Lipinski definition) is 5. The maximum absolute atomic E-state index is 11.7. The highest BCUT2D eigenvalue weighted by Gasteiger charge is 2.28. The van der Waals surface area contributed by atoms with Crippen molar-refractivity contribution in [1.29, 1.82) is 0 Å². The summed E-state index contributed by atoms with van der Waals surface area (Å²) in [6, 6.07) is 7.89. The molecule has 3 rings (SSSR count). The van der Waals surface area contributed by atoms with Crippen molar-refractivity contribution in [2.24, 2.45) is 0 Å². The van der Waals surface area contributed by atoms with Crippen LogP contribution in [-0.4, -0.2) is 56.5 Å². The summed E-state index contributed by atoms with van der Waals surface area (Å²) in [4.78, 5) is 26.5. The molecule has 6 heteroatoms. The van der Waals surface area contributed by atoms with Gasteiger partial charge in [0.05, 0.1) is 25.8 Å². The standard InChI is InChI=1S/C15H19N3O3/c1-17-14(19)9-18(10-15(17)20)12-4-2-11(3-5-12)13-8-16-6-7-21-13/h2-5,13,16H,6-10H2,1H3. The number of amides is 2. The third-order valence-corrected chi connectivity index (χ3v) is 3.96. The molecule has 0 aliphatic carbocycles. The molecular weight excluding hydrogens is 270 g/mol. The Labute approximate surface area is 123 Å². The highest BCUT2D eigenvalue weighted by Crippen LogP contribution is 2.23. The molecule has 112 valence electrons. The minimum Gasteiger partial charge on any atom is -0.371 e. The van der Waals surface area contributed by atoms with E-state index in [1.807, 2.05) is 24.3 Å². The van der Waals surface area contributed by atoms with E-state index >= 15 is 0 Å². The van der Waals surface area contributed by atoms with Crippen LogP contribution in [0.3, 0.4) is 0 Å². The molecule has 0 aromatic heterocycles. The Morgan fingerprint density at radius 2 is 1.81 bits per heavy atom. The number of morpholine rings is 1. The molecule has 1 N–H and O–H groups in total. The van der Waals surface area contributed by atoms with Crippen LogP contribution in [0.25, 0.3) is 0 Å². The lowest BCUT2D eigenvalue weighted by molar-refractivity contribution is -0.143. The van der Waals surface area contributed by atoms with E-state index in [0.29, 0.717) is 6.61 Å². The Balaban J connectivity index is 1.72. The highest BCUT2D eigenvalue weighted by molar-refractivity contribution is 6.02. The number of benzene rings is 1. The van der Waals surface area contributed by atoms with Gasteiger partial charge in [0.25, 0.3) is 0 Å². The molecule has 6 nitrogen and oxygen atoms in total. The Morgan fingerprint density at radius 1 is 1.14 bits per heavy atom. The van der Waals surface area contributed by atoms with Crippen LogP contribution in [0.15, 0.2) is 24.3 Å². The maximum atomic E-state index is 11.7. The largest absolute Gasteiger partial charge is 0.371 e. The van der Waals surface area contributed by atoms with E-state index in [1.165, 1.54) is 11.9 Å². The number of likely N-dealkylation sites (N-methyl/N-ethyl adjacent to an activating group) is 1. The van der Waals surface area contributed by atoms with Gasteiger partial charge in [-0.15, -0.1) is 0 Å². The Morgan fingerprint density at radius 3 is 2.38 bits per heavy atom. The number of imide groups is 1. The van der Waals surface area contributed by atoms with Crippen LogP contribution in [0.1, 0.15) is 11.7 Å². The van der Waals surface area contributed by atoms with Gasteiger partial charge in [-0.1, -0.05) is 12.1 Å². The maximum Gasteiger partial charge on any atom is 0.248 e. The van der Waals surface area contributed by atoms with Gasteiger partial charge < -0.3 is 15.0 Å². The average molecular weight is 289 g/mol. The second-order valence-electron chi connectivity index (χ2n) is 5.36. The van der Waals surface area contributed by atoms with Gasteiger partial charge >= 0.3 is 0 Å². The first-order valence-corrected chi connectivity index (χ1v) is 7.12. The molecule has 0 radical (unpaired) electrons. The van der Waals surface area contributed by atoms with Gasteiger partial charge in [-0.25, -0.2) is 0 Å². The first-order valence-electron chi connectivity index (χ1n) is 7.12. The summed E-state index contributed by atoms with van der Waals surface area (Å²) < 4.78 is 5.71. The predicted molar refractivity (Wildman–Crippen MR) is 78.0 cm³/mol. The smallest absolute Gasteiger partial charge is 0.248 e. The molecule has 2 aliphatic rings. The minimum absolute atomic E-state index is 0.0727. The van der Waals surface area contributed by atoms with E-state index in [9.17, 15) is 9.59 Å². The molecule has 0 bridgehead atoms. The molecule has 2 saturated heterocycles. The van der Waals surface area contributed by atoms with Crippen LogP contribution in [-0.2, 0) is 14.3 Å². The zero-order valence-corrected chi connectivity index (χ0v) is 12.0. The second kappa shape index (κ2) is 5.83. The van der Waals surface area contributed by atoms with Crippen molar-refractivity contribution >= 4 is 17.5 Å². The average Bonchev–Trinajstić information content (AvgIpc) is 2.53. The lowest BCUT2D eigenvalue weighted by atomic mass is 10.1. The molecule has 2 heterocycles. The second-order valence-corrected chi connectivity index (χ2v) is 5.36. The Hall–Kier alpha value is -1.92. The van der Waals surface area contributed by atoms with Gasteiger partial charge in [0.2, 0.25) is 11.8 Å². The van der Waals surface area contributed by atoms with Crippen LogP contribution in [0.2, 0.25) is 0 Å². The quantitative estimate of drug-likeness (QED) is 0.786. The summed E-state index contributed by atoms with van der Waals surface area (Å²) in [5, 5.41) is 3.30. The first-order chi connectivity index (χ1) is 10.1. The minimum atomic E-state index is -0.171. The lowest BCUT2D eigenvalue weighted by Gasteiger charge is -2.32. The summed E-state index contributed by atoms with van der Waals surface area (Å²) >= 11 is 0.